The molecular formula is C18H12FNO2S. The SMILES string of the molecule is N#CC(C(=O)c1cc2ccccc2s1)C(O)c1cccc(F)c1. The third kappa shape index (κ3) is 3.00. The van der Waals surface area contributed by atoms with Gasteiger partial charge in [0, 0.05) is 4.70 Å². The average molecular weight is 325 g/mol. The van der Waals surface area contributed by atoms with E-state index < -0.39 is 23.6 Å². The Balaban J connectivity index is 1.93. The summed E-state index contributed by atoms with van der Waals surface area (Å²) in [4.78, 5) is 13.0. The van der Waals surface area contributed by atoms with Crippen molar-refractivity contribution in [2.24, 2.45) is 5.92 Å². The number of halogens is 1. The fraction of sp³-hybridized carbons (Fsp3) is 0.111. The molecule has 1 N–H and O–H groups in total. The molecule has 3 nitrogen and oxygen atoms in total. The van der Waals surface area contributed by atoms with Crippen LogP contribution in [0.5, 0.6) is 0 Å². The van der Waals surface area contributed by atoms with Crippen LogP contribution in [0, 0.1) is 23.1 Å². The molecule has 0 spiro atoms. The van der Waals surface area contributed by atoms with Gasteiger partial charge in [0.1, 0.15) is 17.8 Å². The highest BCUT2D eigenvalue weighted by molar-refractivity contribution is 7.20. The lowest BCUT2D eigenvalue weighted by molar-refractivity contribution is 0.0779. The molecule has 1 aromatic heterocycles. The van der Waals surface area contributed by atoms with Gasteiger partial charge in [-0.1, -0.05) is 30.3 Å². The van der Waals surface area contributed by atoms with Gasteiger partial charge >= 0.3 is 0 Å². The molecule has 0 aliphatic carbocycles. The number of rotatable bonds is 4. The topological polar surface area (TPSA) is 61.1 Å². The van der Waals surface area contributed by atoms with Gasteiger partial charge in [0.2, 0.25) is 0 Å². The molecular weight excluding hydrogens is 313 g/mol. The van der Waals surface area contributed by atoms with E-state index in [0.717, 1.165) is 16.2 Å². The summed E-state index contributed by atoms with van der Waals surface area (Å²) in [5.74, 6) is -2.25. The number of benzene rings is 2. The van der Waals surface area contributed by atoms with Crippen molar-refractivity contribution in [1.82, 2.24) is 0 Å². The van der Waals surface area contributed by atoms with Gasteiger partial charge in [0.05, 0.1) is 10.9 Å². The molecule has 1 heterocycles. The predicted octanol–water partition coefficient (Wildman–Crippen LogP) is 4.10. The van der Waals surface area contributed by atoms with Gasteiger partial charge < -0.3 is 5.11 Å². The zero-order chi connectivity index (χ0) is 16.4. The van der Waals surface area contributed by atoms with Crippen LogP contribution in [0.2, 0.25) is 0 Å². The number of thiophene rings is 1. The predicted molar refractivity (Wildman–Crippen MR) is 86.6 cm³/mol. The van der Waals surface area contributed by atoms with Crippen LogP contribution in [-0.2, 0) is 0 Å². The second kappa shape index (κ2) is 6.29. The molecule has 2 atom stereocenters. The summed E-state index contributed by atoms with van der Waals surface area (Å²) in [6.45, 7) is 0. The molecule has 0 fully saturated rings. The minimum Gasteiger partial charge on any atom is -0.387 e. The summed E-state index contributed by atoms with van der Waals surface area (Å²) < 4.78 is 14.2. The Morgan fingerprint density at radius 1 is 1.17 bits per heavy atom. The van der Waals surface area contributed by atoms with Crippen molar-refractivity contribution in [2.45, 2.75) is 6.10 Å². The van der Waals surface area contributed by atoms with Gasteiger partial charge in [-0.05, 0) is 35.2 Å². The highest BCUT2D eigenvalue weighted by atomic mass is 32.1. The zero-order valence-electron chi connectivity index (χ0n) is 11.9. The second-order valence-corrected chi connectivity index (χ2v) is 6.20. The Kier molecular flexibility index (Phi) is 4.20. The van der Waals surface area contributed by atoms with Gasteiger partial charge in [0.15, 0.2) is 5.78 Å². The molecule has 0 aliphatic heterocycles. The van der Waals surface area contributed by atoms with Crippen molar-refractivity contribution in [3.63, 3.8) is 0 Å². The summed E-state index contributed by atoms with van der Waals surface area (Å²) in [5, 5.41) is 20.5. The van der Waals surface area contributed by atoms with E-state index in [4.69, 9.17) is 0 Å². The van der Waals surface area contributed by atoms with Gasteiger partial charge in [-0.25, -0.2) is 4.39 Å². The van der Waals surface area contributed by atoms with Crippen LogP contribution in [0.3, 0.4) is 0 Å². The molecule has 5 heteroatoms. The zero-order valence-corrected chi connectivity index (χ0v) is 12.8. The number of fused-ring (bicyclic) bond motifs is 1. The minimum absolute atomic E-state index is 0.214. The molecule has 0 amide bonds. The van der Waals surface area contributed by atoms with E-state index in [9.17, 15) is 19.6 Å². The largest absolute Gasteiger partial charge is 0.387 e. The van der Waals surface area contributed by atoms with Crippen LogP contribution in [0.1, 0.15) is 21.3 Å². The van der Waals surface area contributed by atoms with Gasteiger partial charge in [-0.3, -0.25) is 4.79 Å². The van der Waals surface area contributed by atoms with E-state index in [1.807, 2.05) is 30.3 Å². The lowest BCUT2D eigenvalue weighted by atomic mass is 9.92. The van der Waals surface area contributed by atoms with Crippen molar-refractivity contribution in [3.8, 4) is 6.07 Å². The van der Waals surface area contributed by atoms with Crippen molar-refractivity contribution >= 4 is 27.2 Å². The summed E-state index contributed by atoms with van der Waals surface area (Å²) in [6, 6.07) is 16.4. The minimum atomic E-state index is -1.37. The Bertz CT molecular complexity index is 880. The van der Waals surface area contributed by atoms with Crippen LogP contribution in [0.4, 0.5) is 4.39 Å². The van der Waals surface area contributed by atoms with Crippen molar-refractivity contribution in [2.75, 3.05) is 0 Å². The maximum Gasteiger partial charge on any atom is 0.192 e. The van der Waals surface area contributed by atoms with E-state index in [0.29, 0.717) is 4.88 Å². The van der Waals surface area contributed by atoms with Crippen molar-refractivity contribution in [3.05, 3.63) is 70.9 Å². The Morgan fingerprint density at radius 3 is 2.65 bits per heavy atom. The van der Waals surface area contributed by atoms with Gasteiger partial charge in [-0.15, -0.1) is 11.3 Å². The number of nitriles is 1. The molecule has 3 rings (SSSR count). The van der Waals surface area contributed by atoms with E-state index in [1.165, 1.54) is 29.5 Å². The summed E-state index contributed by atoms with van der Waals surface area (Å²) in [7, 11) is 0. The average Bonchev–Trinajstić information content (AvgIpc) is 2.99. The fourth-order valence-corrected chi connectivity index (χ4v) is 3.45. The molecule has 0 radical (unpaired) electrons. The second-order valence-electron chi connectivity index (χ2n) is 5.12. The smallest absolute Gasteiger partial charge is 0.192 e. The summed E-state index contributed by atoms with van der Waals surface area (Å²) in [6.07, 6.45) is -1.37. The number of hydrogen-bond acceptors (Lipinski definition) is 4. The first-order valence-corrected chi connectivity index (χ1v) is 7.78. The first-order valence-electron chi connectivity index (χ1n) is 6.96. The molecule has 0 aliphatic rings. The first kappa shape index (κ1) is 15.3. The van der Waals surface area contributed by atoms with E-state index >= 15 is 0 Å². The maximum absolute atomic E-state index is 13.3. The third-order valence-corrected chi connectivity index (χ3v) is 4.73. The quantitative estimate of drug-likeness (QED) is 0.735. The number of Topliss-reactive ketones (excluding diaryl/α,β-unsaturated/α-hetero) is 1. The number of carbonyl (C=O) groups excluding carboxylic acids is 1. The first-order chi connectivity index (χ1) is 11.1. The fourth-order valence-electron chi connectivity index (χ4n) is 2.41. The number of aliphatic hydroxyl groups is 1. The molecule has 2 unspecified atom stereocenters. The lowest BCUT2D eigenvalue weighted by Crippen LogP contribution is -2.20. The lowest BCUT2D eigenvalue weighted by Gasteiger charge is -2.15. The Hall–Kier alpha value is -2.55. The molecule has 0 saturated carbocycles. The van der Waals surface area contributed by atoms with Crippen LogP contribution in [0.25, 0.3) is 10.1 Å². The van der Waals surface area contributed by atoms with Crippen LogP contribution in [-0.4, -0.2) is 10.9 Å². The molecule has 0 bridgehead atoms. The van der Waals surface area contributed by atoms with E-state index in [-0.39, 0.29) is 5.56 Å². The van der Waals surface area contributed by atoms with Crippen molar-refractivity contribution in [1.29, 1.82) is 5.26 Å². The maximum atomic E-state index is 13.3. The normalized spacial score (nSPS) is 13.4. The van der Waals surface area contributed by atoms with Crippen LogP contribution < -0.4 is 0 Å². The monoisotopic (exact) mass is 325 g/mol. The van der Waals surface area contributed by atoms with E-state index in [1.54, 1.807) is 6.07 Å². The number of nitrogens with zero attached hydrogens (tertiary/aromatic N) is 1. The number of ketones is 1. The number of hydrogen-bond donors (Lipinski definition) is 1. The summed E-state index contributed by atoms with van der Waals surface area (Å²) in [5.41, 5.74) is 0.214. The van der Waals surface area contributed by atoms with Crippen molar-refractivity contribution < 1.29 is 14.3 Å². The van der Waals surface area contributed by atoms with E-state index in [2.05, 4.69) is 0 Å². The Labute approximate surface area is 136 Å². The summed E-state index contributed by atoms with van der Waals surface area (Å²) >= 11 is 1.28. The number of carbonyl (C=O) groups is 1. The molecule has 23 heavy (non-hydrogen) atoms. The van der Waals surface area contributed by atoms with Crippen LogP contribution >= 0.6 is 11.3 Å². The third-order valence-electron chi connectivity index (χ3n) is 3.60. The Morgan fingerprint density at radius 2 is 1.96 bits per heavy atom. The van der Waals surface area contributed by atoms with Gasteiger partial charge in [0.25, 0.3) is 0 Å². The molecule has 0 saturated heterocycles. The number of aliphatic hydroxyl groups excluding tert-OH is 1. The molecule has 2 aromatic carbocycles. The molecule has 114 valence electrons. The van der Waals surface area contributed by atoms with Crippen LogP contribution in [0.15, 0.2) is 54.6 Å². The molecule has 3 aromatic rings. The highest BCUT2D eigenvalue weighted by Gasteiger charge is 2.30. The standard InChI is InChI=1S/C18H12FNO2S/c19-13-6-3-5-12(8-13)17(21)14(10-20)18(22)16-9-11-4-1-2-7-15(11)23-16/h1-9,14,17,21H. The van der Waals surface area contributed by atoms with Gasteiger partial charge in [-0.2, -0.15) is 5.26 Å². The highest BCUT2D eigenvalue weighted by Crippen LogP contribution is 2.31.